The van der Waals surface area contributed by atoms with Gasteiger partial charge >= 0.3 is 0 Å². The van der Waals surface area contributed by atoms with Crippen molar-refractivity contribution >= 4 is 0 Å². The molecule has 0 saturated heterocycles. The van der Waals surface area contributed by atoms with Gasteiger partial charge < -0.3 is 27.4 Å². The predicted molar refractivity (Wildman–Crippen MR) is 18.1 cm³/mol. The van der Waals surface area contributed by atoms with Crippen molar-refractivity contribution in [2.24, 2.45) is 0 Å². The summed E-state index contributed by atoms with van der Waals surface area (Å²) in [7, 11) is 0. The fraction of sp³-hybridized carbons (Fsp3) is 0. The topological polar surface area (TPSA) is 158 Å². The van der Waals surface area contributed by atoms with E-state index in [1.807, 2.05) is 0 Å². The van der Waals surface area contributed by atoms with E-state index in [2.05, 4.69) is 0 Å². The normalized spacial score (nSPS) is 0. The van der Waals surface area contributed by atoms with Crippen LogP contribution >= 0.6 is 0 Å². The smallest absolute Gasteiger partial charge is 0 e. The van der Waals surface area contributed by atoms with Crippen LogP contribution in [0.1, 0.15) is 0 Å². The third-order valence-corrected chi connectivity index (χ3v) is 0. The molecule has 0 atom stereocenters. The maximum absolute atomic E-state index is 0. The maximum atomic E-state index is 0. The summed E-state index contributed by atoms with van der Waals surface area (Å²) in [6.45, 7) is 0. The van der Waals surface area contributed by atoms with Gasteiger partial charge in [0, 0.05) is 67.1 Å². The van der Waals surface area contributed by atoms with Gasteiger partial charge in [-0.1, -0.05) is 0 Å². The Labute approximate surface area is 93.7 Å². The van der Waals surface area contributed by atoms with E-state index >= 15 is 0 Å². The first-order chi connectivity index (χ1) is 0. The Morgan fingerprint density at radius 1 is 0.250 bits per heavy atom. The zero-order valence-electron chi connectivity index (χ0n) is 3.84. The van der Waals surface area contributed by atoms with Gasteiger partial charge in [0.05, 0.1) is 0 Å². The largest absolute Gasteiger partial charge is 0.412 e. The number of hydrogen-bond donors (Lipinski definition) is 0. The molecule has 8 heteroatoms. The second-order valence-corrected chi connectivity index (χ2v) is 0. The van der Waals surface area contributed by atoms with Crippen molar-refractivity contribution in [2.45, 2.75) is 0 Å². The summed E-state index contributed by atoms with van der Waals surface area (Å²) < 4.78 is 0. The van der Waals surface area contributed by atoms with Gasteiger partial charge in [0.25, 0.3) is 0 Å². The quantitative estimate of drug-likeness (QED) is 0.380. The standard InChI is InChI=1S/3Nb.5H2O/h;;;5*1H2. The van der Waals surface area contributed by atoms with Gasteiger partial charge in [0.15, 0.2) is 0 Å². The average Bonchev–Trinajstić information content (AvgIpc) is 0. The Kier molecular flexibility index (Phi) is 3550. The second-order valence-electron chi connectivity index (χ2n) is 0. The molecule has 0 aromatic heterocycles. The van der Waals surface area contributed by atoms with Gasteiger partial charge in [-0.2, -0.15) is 0 Å². The Balaban J connectivity index is 0. The molecule has 8 heavy (non-hydrogen) atoms. The molecule has 0 saturated carbocycles. The first kappa shape index (κ1) is 200. The molecule has 0 aliphatic heterocycles. The molecule has 10 N–H and O–H groups in total. The van der Waals surface area contributed by atoms with E-state index in [1.165, 1.54) is 0 Å². The molecule has 0 aromatic carbocycles. The minimum atomic E-state index is 0. The van der Waals surface area contributed by atoms with Crippen molar-refractivity contribution < 1.29 is 94.5 Å². The molecule has 5 nitrogen and oxygen atoms in total. The van der Waals surface area contributed by atoms with Crippen LogP contribution in [0.15, 0.2) is 0 Å². The molecule has 0 bridgehead atoms. The summed E-state index contributed by atoms with van der Waals surface area (Å²) in [5.74, 6) is 0. The van der Waals surface area contributed by atoms with Crippen molar-refractivity contribution in [1.82, 2.24) is 0 Å². The first-order valence-electron chi connectivity index (χ1n) is 0. The zero-order valence-corrected chi connectivity index (χ0v) is 10.4. The van der Waals surface area contributed by atoms with Gasteiger partial charge in [-0.25, -0.2) is 0 Å². The van der Waals surface area contributed by atoms with Gasteiger partial charge in [-0.15, -0.1) is 0 Å². The molecular weight excluding hydrogens is 359 g/mol. The number of rotatable bonds is 0. The van der Waals surface area contributed by atoms with Gasteiger partial charge in [0.1, 0.15) is 0 Å². The van der Waals surface area contributed by atoms with Crippen LogP contribution < -0.4 is 0 Å². The molecule has 0 aliphatic carbocycles. The fourth-order valence-corrected chi connectivity index (χ4v) is 0. The fourth-order valence-electron chi connectivity index (χ4n) is 0. The summed E-state index contributed by atoms with van der Waals surface area (Å²) in [6, 6.07) is 0. The molecule has 0 heterocycles. The van der Waals surface area contributed by atoms with E-state index in [4.69, 9.17) is 0 Å². The minimum absolute atomic E-state index is 0. The molecule has 0 unspecified atom stereocenters. The second kappa shape index (κ2) is 142. The van der Waals surface area contributed by atoms with Crippen molar-refractivity contribution in [3.05, 3.63) is 0 Å². The average molecular weight is 369 g/mol. The third kappa shape index (κ3) is 96.8. The van der Waals surface area contributed by atoms with E-state index in [9.17, 15) is 0 Å². The van der Waals surface area contributed by atoms with Gasteiger partial charge in [0.2, 0.25) is 0 Å². The van der Waals surface area contributed by atoms with Crippen molar-refractivity contribution in [2.75, 3.05) is 0 Å². The Bertz CT molecular complexity index is 7.64. The monoisotopic (exact) mass is 369 g/mol. The Morgan fingerprint density at radius 2 is 0.250 bits per heavy atom. The van der Waals surface area contributed by atoms with Crippen LogP contribution in [0.3, 0.4) is 0 Å². The summed E-state index contributed by atoms with van der Waals surface area (Å²) in [5.41, 5.74) is 0. The molecule has 55 valence electrons. The molecular formula is H10Nb3O5. The van der Waals surface area contributed by atoms with E-state index < -0.39 is 0 Å². The van der Waals surface area contributed by atoms with Gasteiger partial charge in [-0.3, -0.25) is 0 Å². The predicted octanol–water partition coefficient (Wildman–Crippen LogP) is -4.13. The molecule has 0 rings (SSSR count). The van der Waals surface area contributed by atoms with Crippen molar-refractivity contribution in [3.8, 4) is 0 Å². The summed E-state index contributed by atoms with van der Waals surface area (Å²) in [4.78, 5) is 0. The summed E-state index contributed by atoms with van der Waals surface area (Å²) in [6.07, 6.45) is 0. The molecule has 0 spiro atoms. The van der Waals surface area contributed by atoms with Crippen LogP contribution in [0.2, 0.25) is 0 Å². The van der Waals surface area contributed by atoms with Crippen molar-refractivity contribution in [3.63, 3.8) is 0 Å². The van der Waals surface area contributed by atoms with E-state index in [0.29, 0.717) is 0 Å². The Morgan fingerprint density at radius 3 is 0.250 bits per heavy atom. The third-order valence-electron chi connectivity index (χ3n) is 0. The van der Waals surface area contributed by atoms with Crippen molar-refractivity contribution in [1.29, 1.82) is 0 Å². The van der Waals surface area contributed by atoms with Crippen LogP contribution in [0.4, 0.5) is 0 Å². The molecule has 0 aliphatic rings. The number of hydrogen-bond acceptors (Lipinski definition) is 0. The van der Waals surface area contributed by atoms with E-state index in [0.717, 1.165) is 0 Å². The van der Waals surface area contributed by atoms with E-state index in [1.54, 1.807) is 0 Å². The van der Waals surface area contributed by atoms with Crippen LogP contribution in [0.25, 0.3) is 0 Å². The molecule has 0 aromatic rings. The molecule has 0 amide bonds. The Hall–Kier alpha value is 2.02. The van der Waals surface area contributed by atoms with Gasteiger partial charge in [-0.05, 0) is 0 Å². The summed E-state index contributed by atoms with van der Waals surface area (Å²) >= 11 is 0. The minimum Gasteiger partial charge on any atom is -0.412 e. The van der Waals surface area contributed by atoms with Crippen LogP contribution in [-0.4, -0.2) is 27.4 Å². The van der Waals surface area contributed by atoms with Crippen LogP contribution in [-0.2, 0) is 67.1 Å². The SMILES string of the molecule is O.O.O.O.O.[Nb].[Nb].[Nb]. The zero-order chi connectivity index (χ0) is 0. The van der Waals surface area contributed by atoms with E-state index in [-0.39, 0.29) is 94.5 Å². The van der Waals surface area contributed by atoms with Crippen LogP contribution in [0, 0.1) is 0 Å². The summed E-state index contributed by atoms with van der Waals surface area (Å²) in [5, 5.41) is 0. The van der Waals surface area contributed by atoms with Crippen LogP contribution in [0.5, 0.6) is 0 Å². The molecule has 3 radical (unpaired) electrons. The maximum Gasteiger partial charge on any atom is 0 e. The first-order valence-corrected chi connectivity index (χ1v) is 0. The molecule has 0 fully saturated rings.